The van der Waals surface area contributed by atoms with Crippen molar-refractivity contribution in [2.24, 2.45) is 0 Å². The molecule has 152 valence electrons. The van der Waals surface area contributed by atoms with Crippen LogP contribution >= 0.6 is 0 Å². The maximum absolute atomic E-state index is 12.5. The molecule has 1 saturated heterocycles. The summed E-state index contributed by atoms with van der Waals surface area (Å²) in [5.74, 6) is -0.999. The molecule has 0 unspecified atom stereocenters. The van der Waals surface area contributed by atoms with E-state index in [0.717, 1.165) is 18.4 Å². The number of aryl methyl sites for hydroxylation is 1. The van der Waals surface area contributed by atoms with Crippen LogP contribution in [0, 0.1) is 0 Å². The number of nitrogens with zero attached hydrogens (tertiary/aromatic N) is 1. The number of rotatable bonds is 7. The van der Waals surface area contributed by atoms with Crippen LogP contribution in [0.2, 0.25) is 0 Å². The molecule has 3 rings (SSSR count). The van der Waals surface area contributed by atoms with Gasteiger partial charge in [-0.25, -0.2) is 4.79 Å². The van der Waals surface area contributed by atoms with Crippen LogP contribution in [-0.2, 0) is 20.7 Å². The molecule has 1 atom stereocenters. The average molecular weight is 394 g/mol. The fourth-order valence-corrected chi connectivity index (χ4v) is 3.40. The maximum Gasteiger partial charge on any atom is 0.340 e. The Bertz CT molecular complexity index is 892. The molecule has 2 aromatic rings. The summed E-state index contributed by atoms with van der Waals surface area (Å²) in [4.78, 5) is 38.4. The number of nitrogens with one attached hydrogen (secondary N) is 1. The highest BCUT2D eigenvalue weighted by molar-refractivity contribution is 6.03. The predicted octanol–water partition coefficient (Wildman–Crippen LogP) is 3.41. The van der Waals surface area contributed by atoms with Crippen LogP contribution in [0.25, 0.3) is 0 Å². The molecule has 1 aliphatic rings. The van der Waals surface area contributed by atoms with Crippen molar-refractivity contribution in [2.75, 3.05) is 18.1 Å². The fourth-order valence-electron chi connectivity index (χ4n) is 3.40. The third-order valence-corrected chi connectivity index (χ3v) is 5.09. The van der Waals surface area contributed by atoms with Gasteiger partial charge in [-0.2, -0.15) is 0 Å². The van der Waals surface area contributed by atoms with Gasteiger partial charge in [0.1, 0.15) is 0 Å². The Balaban J connectivity index is 1.57. The number of anilines is 1. The van der Waals surface area contributed by atoms with Crippen LogP contribution in [0.5, 0.6) is 0 Å². The molecule has 1 N–H and O–H groups in total. The highest BCUT2D eigenvalue weighted by atomic mass is 16.5. The van der Waals surface area contributed by atoms with Gasteiger partial charge in [0.25, 0.3) is 5.91 Å². The number of esters is 1. The van der Waals surface area contributed by atoms with E-state index in [1.54, 1.807) is 29.2 Å². The summed E-state index contributed by atoms with van der Waals surface area (Å²) in [6.45, 7) is 4.18. The van der Waals surface area contributed by atoms with Crippen molar-refractivity contribution in [3.63, 3.8) is 0 Å². The summed E-state index contributed by atoms with van der Waals surface area (Å²) in [5, 5.41) is 2.84. The van der Waals surface area contributed by atoms with Gasteiger partial charge < -0.3 is 15.0 Å². The SMILES string of the molecule is CCc1ccc([C@@H](C)NC(=O)COC(=O)c2ccccc2N2CCCC2=O)cc1. The van der Waals surface area contributed by atoms with Gasteiger partial charge in [0.2, 0.25) is 5.91 Å². The van der Waals surface area contributed by atoms with Gasteiger partial charge in [-0.1, -0.05) is 43.3 Å². The fraction of sp³-hybridized carbons (Fsp3) is 0.348. The van der Waals surface area contributed by atoms with Gasteiger partial charge in [0.15, 0.2) is 6.61 Å². The molecular weight excluding hydrogens is 368 g/mol. The van der Waals surface area contributed by atoms with Gasteiger partial charge in [-0.15, -0.1) is 0 Å². The lowest BCUT2D eigenvalue weighted by molar-refractivity contribution is -0.125. The van der Waals surface area contributed by atoms with E-state index in [1.165, 1.54) is 5.56 Å². The van der Waals surface area contributed by atoms with Gasteiger partial charge in [0, 0.05) is 13.0 Å². The van der Waals surface area contributed by atoms with E-state index in [1.807, 2.05) is 31.2 Å². The van der Waals surface area contributed by atoms with Crippen LogP contribution in [0.15, 0.2) is 48.5 Å². The molecule has 0 aromatic heterocycles. The first kappa shape index (κ1) is 20.6. The third kappa shape index (κ3) is 5.02. The lowest BCUT2D eigenvalue weighted by Gasteiger charge is -2.19. The Labute approximate surface area is 170 Å². The molecule has 6 nitrogen and oxygen atoms in total. The highest BCUT2D eigenvalue weighted by Crippen LogP contribution is 2.26. The van der Waals surface area contributed by atoms with E-state index >= 15 is 0 Å². The zero-order chi connectivity index (χ0) is 20.8. The number of carbonyl (C=O) groups is 3. The summed E-state index contributed by atoms with van der Waals surface area (Å²) in [6, 6.07) is 14.7. The minimum absolute atomic E-state index is 0.00842. The first-order chi connectivity index (χ1) is 14.0. The van der Waals surface area contributed by atoms with E-state index in [-0.39, 0.29) is 24.5 Å². The van der Waals surface area contributed by atoms with E-state index in [2.05, 4.69) is 12.2 Å². The lowest BCUT2D eigenvalue weighted by atomic mass is 10.1. The van der Waals surface area contributed by atoms with Gasteiger partial charge >= 0.3 is 5.97 Å². The summed E-state index contributed by atoms with van der Waals surface area (Å²) < 4.78 is 5.21. The van der Waals surface area contributed by atoms with Gasteiger partial charge in [0.05, 0.1) is 17.3 Å². The molecule has 0 saturated carbocycles. The molecule has 1 aliphatic heterocycles. The van der Waals surface area contributed by atoms with Gasteiger partial charge in [-0.05, 0) is 43.0 Å². The van der Waals surface area contributed by atoms with Gasteiger partial charge in [-0.3, -0.25) is 9.59 Å². The van der Waals surface area contributed by atoms with Crippen molar-refractivity contribution < 1.29 is 19.1 Å². The molecule has 2 aromatic carbocycles. The van der Waals surface area contributed by atoms with Crippen molar-refractivity contribution in [1.29, 1.82) is 0 Å². The monoisotopic (exact) mass is 394 g/mol. The smallest absolute Gasteiger partial charge is 0.340 e. The number of amides is 2. The molecular formula is C23H26N2O4. The normalized spacial score (nSPS) is 14.6. The molecule has 1 fully saturated rings. The van der Waals surface area contributed by atoms with Crippen molar-refractivity contribution >= 4 is 23.5 Å². The summed E-state index contributed by atoms with van der Waals surface area (Å²) in [7, 11) is 0. The largest absolute Gasteiger partial charge is 0.452 e. The number of carbonyl (C=O) groups excluding carboxylic acids is 3. The molecule has 29 heavy (non-hydrogen) atoms. The summed E-state index contributed by atoms with van der Waals surface area (Å²) in [5.41, 5.74) is 3.04. The number of ether oxygens (including phenoxy) is 1. The lowest BCUT2D eigenvalue weighted by Crippen LogP contribution is -2.31. The van der Waals surface area contributed by atoms with Crippen LogP contribution in [0.4, 0.5) is 5.69 Å². The molecule has 1 heterocycles. The van der Waals surface area contributed by atoms with Crippen LogP contribution in [0.3, 0.4) is 0 Å². The molecule has 6 heteroatoms. The van der Waals surface area contributed by atoms with E-state index in [0.29, 0.717) is 24.2 Å². The summed E-state index contributed by atoms with van der Waals surface area (Å²) in [6.07, 6.45) is 2.20. The van der Waals surface area contributed by atoms with Crippen molar-refractivity contribution in [3.8, 4) is 0 Å². The highest BCUT2D eigenvalue weighted by Gasteiger charge is 2.26. The molecule has 0 radical (unpaired) electrons. The average Bonchev–Trinajstić information content (AvgIpc) is 3.17. The first-order valence-corrected chi connectivity index (χ1v) is 9.94. The molecule has 0 aliphatic carbocycles. The number of hydrogen-bond donors (Lipinski definition) is 1. The molecule has 2 amide bonds. The first-order valence-electron chi connectivity index (χ1n) is 9.94. The van der Waals surface area contributed by atoms with Crippen LogP contribution < -0.4 is 10.2 Å². The summed E-state index contributed by atoms with van der Waals surface area (Å²) >= 11 is 0. The predicted molar refractivity (Wildman–Crippen MR) is 111 cm³/mol. The zero-order valence-corrected chi connectivity index (χ0v) is 16.8. The number of benzene rings is 2. The van der Waals surface area contributed by atoms with Crippen molar-refractivity contribution in [2.45, 2.75) is 39.2 Å². The Morgan fingerprint density at radius 3 is 2.52 bits per heavy atom. The zero-order valence-electron chi connectivity index (χ0n) is 16.8. The third-order valence-electron chi connectivity index (χ3n) is 5.09. The topological polar surface area (TPSA) is 75.7 Å². The quantitative estimate of drug-likeness (QED) is 0.730. The van der Waals surface area contributed by atoms with Crippen molar-refractivity contribution in [3.05, 3.63) is 65.2 Å². The maximum atomic E-state index is 12.5. The Kier molecular flexibility index (Phi) is 6.65. The minimum atomic E-state index is -0.615. The number of hydrogen-bond acceptors (Lipinski definition) is 4. The van der Waals surface area contributed by atoms with E-state index in [9.17, 15) is 14.4 Å². The second-order valence-electron chi connectivity index (χ2n) is 7.13. The van der Waals surface area contributed by atoms with Crippen LogP contribution in [-0.4, -0.2) is 30.9 Å². The molecule has 0 bridgehead atoms. The second kappa shape index (κ2) is 9.37. The van der Waals surface area contributed by atoms with E-state index in [4.69, 9.17) is 4.74 Å². The molecule has 0 spiro atoms. The Morgan fingerprint density at radius 2 is 1.86 bits per heavy atom. The standard InChI is InChI=1S/C23H26N2O4/c1-3-17-10-12-18(13-11-17)16(2)24-21(26)15-29-23(28)19-7-4-5-8-20(19)25-14-6-9-22(25)27/h4-5,7-8,10-13,16H,3,6,9,14-15H2,1-2H3,(H,24,26)/t16-/m1/s1. The second-order valence-corrected chi connectivity index (χ2v) is 7.13. The van der Waals surface area contributed by atoms with Crippen LogP contribution in [0.1, 0.15) is 54.2 Å². The number of para-hydroxylation sites is 1. The van der Waals surface area contributed by atoms with E-state index < -0.39 is 5.97 Å². The Hall–Kier alpha value is -3.15. The Morgan fingerprint density at radius 1 is 1.14 bits per heavy atom. The van der Waals surface area contributed by atoms with Crippen molar-refractivity contribution in [1.82, 2.24) is 5.32 Å². The minimum Gasteiger partial charge on any atom is -0.452 e.